The fraction of sp³-hybridized carbons (Fsp3) is 0.263. The molecule has 0 saturated heterocycles. The van der Waals surface area contributed by atoms with Crippen LogP contribution in [0.5, 0.6) is 11.5 Å². The molecule has 1 heterocycles. The Hall–Kier alpha value is -2.83. The summed E-state index contributed by atoms with van der Waals surface area (Å²) in [6, 6.07) is 9.40. The van der Waals surface area contributed by atoms with Gasteiger partial charge < -0.3 is 9.47 Å². The Bertz CT molecular complexity index is 843. The highest BCUT2D eigenvalue weighted by atomic mass is 19.4. The van der Waals surface area contributed by atoms with E-state index in [9.17, 15) is 22.8 Å². The van der Waals surface area contributed by atoms with Gasteiger partial charge in [-0.25, -0.2) is 0 Å². The van der Waals surface area contributed by atoms with Crippen LogP contribution >= 0.6 is 0 Å². The van der Waals surface area contributed by atoms with Crippen LogP contribution in [-0.4, -0.2) is 24.8 Å². The van der Waals surface area contributed by atoms with Gasteiger partial charge in [-0.15, -0.1) is 0 Å². The number of ether oxygens (including phenoxy) is 2. The molecule has 0 radical (unpaired) electrons. The first-order valence-electron chi connectivity index (χ1n) is 7.99. The maximum atomic E-state index is 13.0. The average Bonchev–Trinajstić information content (AvgIpc) is 2.64. The van der Waals surface area contributed by atoms with Crippen LogP contribution in [0, 0.1) is 0 Å². The molecule has 0 unspecified atom stereocenters. The molecule has 26 heavy (non-hydrogen) atoms. The van der Waals surface area contributed by atoms with Gasteiger partial charge in [0, 0.05) is 18.4 Å². The summed E-state index contributed by atoms with van der Waals surface area (Å²) in [6.07, 6.45) is -5.17. The van der Waals surface area contributed by atoms with Gasteiger partial charge in [-0.05, 0) is 18.2 Å². The molecule has 0 atom stereocenters. The second-order valence-corrected chi connectivity index (χ2v) is 5.72. The number of carbonyl (C=O) groups is 2. The van der Waals surface area contributed by atoms with Crippen molar-refractivity contribution < 1.29 is 32.2 Å². The van der Waals surface area contributed by atoms with Crippen LogP contribution in [0.2, 0.25) is 0 Å². The van der Waals surface area contributed by atoms with Crippen molar-refractivity contribution in [1.82, 2.24) is 0 Å². The minimum atomic E-state index is -4.63. The van der Waals surface area contributed by atoms with Crippen molar-refractivity contribution in [1.29, 1.82) is 0 Å². The molecule has 1 aliphatic rings. The monoisotopic (exact) mass is 364 g/mol. The van der Waals surface area contributed by atoms with Crippen molar-refractivity contribution in [2.75, 3.05) is 13.2 Å². The van der Waals surface area contributed by atoms with E-state index in [1.165, 1.54) is 12.1 Å². The van der Waals surface area contributed by atoms with Gasteiger partial charge >= 0.3 is 6.18 Å². The lowest BCUT2D eigenvalue weighted by molar-refractivity contribution is -0.137. The summed E-state index contributed by atoms with van der Waals surface area (Å²) in [5, 5.41) is 0. The normalized spacial score (nSPS) is 13.3. The molecular formula is C19H15F3O4. The van der Waals surface area contributed by atoms with Gasteiger partial charge in [0.25, 0.3) is 0 Å². The zero-order valence-electron chi connectivity index (χ0n) is 13.6. The lowest BCUT2D eigenvalue weighted by Gasteiger charge is -2.20. The Morgan fingerprint density at radius 2 is 1.46 bits per heavy atom. The fourth-order valence-corrected chi connectivity index (χ4v) is 2.76. The molecule has 0 spiro atoms. The van der Waals surface area contributed by atoms with Crippen molar-refractivity contribution in [3.63, 3.8) is 0 Å². The van der Waals surface area contributed by atoms with E-state index in [0.717, 1.165) is 12.1 Å². The van der Waals surface area contributed by atoms with Gasteiger partial charge in [0.1, 0.15) is 13.2 Å². The number of benzene rings is 2. The number of halogens is 3. The predicted octanol–water partition coefficient (Wildman–Crippen LogP) is 4.32. The van der Waals surface area contributed by atoms with E-state index in [2.05, 4.69) is 0 Å². The average molecular weight is 364 g/mol. The number of fused-ring (bicyclic) bond motifs is 1. The molecule has 0 bridgehead atoms. The maximum absolute atomic E-state index is 13.0. The lowest BCUT2D eigenvalue weighted by atomic mass is 9.97. The molecule has 0 saturated carbocycles. The highest BCUT2D eigenvalue weighted by Crippen LogP contribution is 2.35. The number of hydrogen-bond donors (Lipinski definition) is 0. The van der Waals surface area contributed by atoms with E-state index in [1.54, 1.807) is 18.2 Å². The van der Waals surface area contributed by atoms with Crippen LogP contribution < -0.4 is 9.47 Å². The highest BCUT2D eigenvalue weighted by Gasteiger charge is 2.34. The van der Waals surface area contributed by atoms with E-state index < -0.39 is 23.1 Å². The summed E-state index contributed by atoms with van der Waals surface area (Å²) < 4.78 is 49.9. The second kappa shape index (κ2) is 7.19. The first kappa shape index (κ1) is 18.0. The van der Waals surface area contributed by atoms with Crippen LogP contribution in [0.25, 0.3) is 0 Å². The lowest BCUT2D eigenvalue weighted by Crippen LogP contribution is -2.18. The van der Waals surface area contributed by atoms with Gasteiger partial charge in [0.2, 0.25) is 0 Å². The minimum absolute atomic E-state index is 0.217. The Kier molecular flexibility index (Phi) is 4.97. The van der Waals surface area contributed by atoms with Crippen molar-refractivity contribution in [2.45, 2.75) is 19.0 Å². The van der Waals surface area contributed by atoms with Gasteiger partial charge in [-0.3, -0.25) is 9.59 Å². The molecule has 0 aliphatic carbocycles. The van der Waals surface area contributed by atoms with E-state index >= 15 is 0 Å². The van der Waals surface area contributed by atoms with Crippen molar-refractivity contribution in [3.05, 3.63) is 59.2 Å². The zero-order valence-corrected chi connectivity index (χ0v) is 13.6. The third kappa shape index (κ3) is 3.71. The largest absolute Gasteiger partial charge is 0.486 e. The molecule has 7 heteroatoms. The molecule has 4 nitrogen and oxygen atoms in total. The van der Waals surface area contributed by atoms with E-state index in [-0.39, 0.29) is 24.2 Å². The molecule has 2 aromatic rings. The Balaban J connectivity index is 1.74. The van der Waals surface area contributed by atoms with Crippen molar-refractivity contribution in [2.24, 2.45) is 0 Å². The highest BCUT2D eigenvalue weighted by molar-refractivity contribution is 6.04. The van der Waals surface area contributed by atoms with E-state index in [4.69, 9.17) is 9.47 Å². The smallest absolute Gasteiger partial charge is 0.417 e. The molecule has 3 rings (SSSR count). The quantitative estimate of drug-likeness (QED) is 0.742. The number of para-hydroxylation sites is 1. The van der Waals surface area contributed by atoms with E-state index in [1.807, 2.05) is 0 Å². The number of ketones is 2. The number of alkyl halides is 3. The summed E-state index contributed by atoms with van der Waals surface area (Å²) >= 11 is 0. The Labute approximate surface area is 147 Å². The first-order valence-corrected chi connectivity index (χ1v) is 7.99. The predicted molar refractivity (Wildman–Crippen MR) is 86.8 cm³/mol. The summed E-state index contributed by atoms with van der Waals surface area (Å²) in [5.41, 5.74) is -1.16. The fourth-order valence-electron chi connectivity index (χ4n) is 2.76. The van der Waals surface area contributed by atoms with Gasteiger partial charge in [0.15, 0.2) is 23.1 Å². The molecule has 2 aromatic carbocycles. The summed E-state index contributed by atoms with van der Waals surface area (Å²) in [6.45, 7) is 0.673. The molecular weight excluding hydrogens is 349 g/mol. The Morgan fingerprint density at radius 3 is 2.19 bits per heavy atom. The van der Waals surface area contributed by atoms with E-state index in [0.29, 0.717) is 24.7 Å². The van der Waals surface area contributed by atoms with Crippen LogP contribution in [0.4, 0.5) is 13.2 Å². The van der Waals surface area contributed by atoms with Gasteiger partial charge in [0.05, 0.1) is 11.1 Å². The number of hydrogen-bond acceptors (Lipinski definition) is 4. The SMILES string of the molecule is O=C(CCC(=O)c1cccc2c1OCCO2)c1ccccc1C(F)(F)F. The summed E-state index contributed by atoms with van der Waals surface area (Å²) in [4.78, 5) is 24.7. The molecule has 0 aromatic heterocycles. The second-order valence-electron chi connectivity index (χ2n) is 5.72. The molecule has 0 N–H and O–H groups in total. The van der Waals surface area contributed by atoms with Crippen molar-refractivity contribution >= 4 is 11.6 Å². The van der Waals surface area contributed by atoms with Crippen LogP contribution in [0.15, 0.2) is 42.5 Å². The van der Waals surface area contributed by atoms with Crippen LogP contribution in [-0.2, 0) is 6.18 Å². The summed E-state index contributed by atoms with van der Waals surface area (Å²) in [5.74, 6) is -0.360. The summed E-state index contributed by atoms with van der Waals surface area (Å²) in [7, 11) is 0. The number of rotatable bonds is 5. The first-order chi connectivity index (χ1) is 12.4. The molecule has 1 aliphatic heterocycles. The third-order valence-corrected chi connectivity index (χ3v) is 3.98. The van der Waals surface area contributed by atoms with Gasteiger partial charge in [-0.2, -0.15) is 13.2 Å². The van der Waals surface area contributed by atoms with Crippen LogP contribution in [0.1, 0.15) is 39.1 Å². The number of Topliss-reactive ketones (excluding diaryl/α,β-unsaturated/α-hetero) is 2. The van der Waals surface area contributed by atoms with Crippen LogP contribution in [0.3, 0.4) is 0 Å². The number of carbonyl (C=O) groups excluding carboxylic acids is 2. The molecule has 136 valence electrons. The van der Waals surface area contributed by atoms with Gasteiger partial charge in [-0.1, -0.05) is 24.3 Å². The Morgan fingerprint density at radius 1 is 0.846 bits per heavy atom. The van der Waals surface area contributed by atoms with Crippen molar-refractivity contribution in [3.8, 4) is 11.5 Å². The standard InChI is InChI=1S/C19H15F3O4/c20-19(21,22)14-6-2-1-4-12(14)15(23)8-9-16(24)13-5-3-7-17-18(13)26-11-10-25-17/h1-7H,8-11H2. The topological polar surface area (TPSA) is 52.6 Å². The molecule has 0 fully saturated rings. The minimum Gasteiger partial charge on any atom is -0.486 e. The molecule has 0 amide bonds. The third-order valence-electron chi connectivity index (χ3n) is 3.98. The maximum Gasteiger partial charge on any atom is 0.417 e. The zero-order chi connectivity index (χ0) is 18.7.